The van der Waals surface area contributed by atoms with E-state index in [-0.39, 0.29) is 16.4 Å². The van der Waals surface area contributed by atoms with E-state index in [9.17, 15) is 13.2 Å². The molecule has 0 spiro atoms. The fourth-order valence-corrected chi connectivity index (χ4v) is 4.80. The van der Waals surface area contributed by atoms with Crippen molar-refractivity contribution >= 4 is 49.9 Å². The summed E-state index contributed by atoms with van der Waals surface area (Å²) in [5.74, 6) is -0.360. The predicted molar refractivity (Wildman–Crippen MR) is 125 cm³/mol. The minimum absolute atomic E-state index is 0.0741. The number of hydrogen-bond donors (Lipinski definition) is 2. The van der Waals surface area contributed by atoms with Gasteiger partial charge >= 0.3 is 0 Å². The highest BCUT2D eigenvalue weighted by Gasteiger charge is 2.19. The van der Waals surface area contributed by atoms with Gasteiger partial charge in [0.25, 0.3) is 15.9 Å². The Kier molecular flexibility index (Phi) is 6.28. The fraction of sp³-hybridized carbons (Fsp3) is 0.136. The van der Waals surface area contributed by atoms with E-state index in [2.05, 4.69) is 32.6 Å². The number of halogens is 1. The number of carbonyl (C=O) groups is 1. The summed E-state index contributed by atoms with van der Waals surface area (Å²) in [7, 11) is -3.83. The highest BCUT2D eigenvalue weighted by atomic mass is 127. The zero-order chi connectivity index (χ0) is 21.2. The van der Waals surface area contributed by atoms with Crippen molar-refractivity contribution in [1.82, 2.24) is 0 Å². The summed E-state index contributed by atoms with van der Waals surface area (Å²) >= 11 is 2.21. The molecule has 0 aliphatic carbocycles. The molecule has 150 valence electrons. The highest BCUT2D eigenvalue weighted by Crippen LogP contribution is 2.23. The molecular weight excluding hydrogens is 499 g/mol. The van der Waals surface area contributed by atoms with Crippen LogP contribution in [0.4, 0.5) is 11.4 Å². The maximum atomic E-state index is 12.9. The van der Waals surface area contributed by atoms with Crippen LogP contribution in [0, 0.1) is 24.3 Å². The Morgan fingerprint density at radius 3 is 2.21 bits per heavy atom. The molecular formula is C22H21IN2O3S. The van der Waals surface area contributed by atoms with Crippen molar-refractivity contribution in [2.75, 3.05) is 10.0 Å². The average Bonchev–Trinajstić information content (AvgIpc) is 2.66. The number of anilines is 2. The number of nitrogens with one attached hydrogen (secondary N) is 2. The van der Waals surface area contributed by atoms with Crippen LogP contribution in [0.25, 0.3) is 0 Å². The molecule has 3 aromatic rings. The van der Waals surface area contributed by atoms with Crippen LogP contribution in [0.5, 0.6) is 0 Å². The SMILES string of the molecule is Cc1ccc(NS(=O)(=O)c2cc(C(=O)Nc3ccc(I)cc3C)ccc2C)cc1. The molecule has 0 heterocycles. The third-order valence-electron chi connectivity index (χ3n) is 4.48. The Morgan fingerprint density at radius 2 is 1.55 bits per heavy atom. The summed E-state index contributed by atoms with van der Waals surface area (Å²) in [4.78, 5) is 12.8. The Bertz CT molecular complexity index is 1170. The Labute approximate surface area is 184 Å². The first-order valence-corrected chi connectivity index (χ1v) is 11.5. The van der Waals surface area contributed by atoms with Crippen molar-refractivity contribution in [3.05, 3.63) is 86.5 Å². The first-order chi connectivity index (χ1) is 13.7. The first-order valence-electron chi connectivity index (χ1n) is 8.93. The topological polar surface area (TPSA) is 75.3 Å². The molecule has 7 heteroatoms. The zero-order valence-corrected chi connectivity index (χ0v) is 19.3. The molecule has 0 fully saturated rings. The molecule has 2 N–H and O–H groups in total. The van der Waals surface area contributed by atoms with Crippen molar-refractivity contribution in [2.45, 2.75) is 25.7 Å². The minimum Gasteiger partial charge on any atom is -0.322 e. The maximum Gasteiger partial charge on any atom is 0.262 e. The molecule has 1 amide bonds. The largest absolute Gasteiger partial charge is 0.322 e. The summed E-state index contributed by atoms with van der Waals surface area (Å²) < 4.78 is 29.4. The summed E-state index contributed by atoms with van der Waals surface area (Å²) in [5.41, 5.74) is 3.97. The quantitative estimate of drug-likeness (QED) is 0.451. The van der Waals surface area contributed by atoms with Crippen LogP contribution in [0.1, 0.15) is 27.0 Å². The van der Waals surface area contributed by atoms with Gasteiger partial charge in [-0.05, 0) is 97.0 Å². The summed E-state index contributed by atoms with van der Waals surface area (Å²) in [6.45, 7) is 5.54. The fourth-order valence-electron chi connectivity index (χ4n) is 2.82. The van der Waals surface area contributed by atoms with Crippen LogP contribution in [0.15, 0.2) is 65.6 Å². The molecule has 0 saturated carbocycles. The first kappa shape index (κ1) is 21.3. The molecule has 0 aliphatic rings. The van der Waals surface area contributed by atoms with E-state index in [1.165, 1.54) is 6.07 Å². The molecule has 0 aliphatic heterocycles. The van der Waals surface area contributed by atoms with Gasteiger partial charge in [0.05, 0.1) is 4.90 Å². The molecule has 3 rings (SSSR count). The normalized spacial score (nSPS) is 11.2. The highest BCUT2D eigenvalue weighted by molar-refractivity contribution is 14.1. The molecule has 0 bridgehead atoms. The molecule has 29 heavy (non-hydrogen) atoms. The van der Waals surface area contributed by atoms with Gasteiger partial charge < -0.3 is 5.32 Å². The van der Waals surface area contributed by atoms with Crippen LogP contribution >= 0.6 is 22.6 Å². The lowest BCUT2D eigenvalue weighted by Gasteiger charge is -2.13. The average molecular weight is 520 g/mol. The van der Waals surface area contributed by atoms with Gasteiger partial charge in [-0.1, -0.05) is 23.8 Å². The monoisotopic (exact) mass is 520 g/mol. The van der Waals surface area contributed by atoms with Crippen LogP contribution in [-0.4, -0.2) is 14.3 Å². The molecule has 3 aromatic carbocycles. The molecule has 0 aromatic heterocycles. The summed E-state index contributed by atoms with van der Waals surface area (Å²) in [6.07, 6.45) is 0. The lowest BCUT2D eigenvalue weighted by atomic mass is 10.1. The van der Waals surface area contributed by atoms with Gasteiger partial charge in [-0.25, -0.2) is 8.42 Å². The van der Waals surface area contributed by atoms with Crippen molar-refractivity contribution in [3.8, 4) is 0 Å². The number of benzene rings is 3. The Hall–Kier alpha value is -2.39. The van der Waals surface area contributed by atoms with E-state index >= 15 is 0 Å². The van der Waals surface area contributed by atoms with E-state index in [0.717, 1.165) is 14.7 Å². The van der Waals surface area contributed by atoms with Crippen molar-refractivity contribution < 1.29 is 13.2 Å². The lowest BCUT2D eigenvalue weighted by molar-refractivity contribution is 0.102. The van der Waals surface area contributed by atoms with Gasteiger partial charge in [-0.3, -0.25) is 9.52 Å². The van der Waals surface area contributed by atoms with Crippen LogP contribution in [0.2, 0.25) is 0 Å². The number of sulfonamides is 1. The van der Waals surface area contributed by atoms with Crippen molar-refractivity contribution in [3.63, 3.8) is 0 Å². The smallest absolute Gasteiger partial charge is 0.262 e. The number of rotatable bonds is 5. The number of aryl methyl sites for hydroxylation is 3. The summed E-state index contributed by atoms with van der Waals surface area (Å²) in [6, 6.07) is 17.4. The molecule has 0 unspecified atom stereocenters. The second-order valence-corrected chi connectivity index (χ2v) is 9.76. The molecule has 0 atom stereocenters. The second kappa shape index (κ2) is 8.54. The van der Waals surface area contributed by atoms with Gasteiger partial charge in [0.1, 0.15) is 0 Å². The van der Waals surface area contributed by atoms with Gasteiger partial charge in [0, 0.05) is 20.5 Å². The second-order valence-electron chi connectivity index (χ2n) is 6.87. The van der Waals surface area contributed by atoms with E-state index in [4.69, 9.17) is 0 Å². The maximum absolute atomic E-state index is 12.9. The minimum atomic E-state index is -3.83. The number of carbonyl (C=O) groups excluding carboxylic acids is 1. The van der Waals surface area contributed by atoms with Crippen LogP contribution in [-0.2, 0) is 10.0 Å². The van der Waals surface area contributed by atoms with Gasteiger partial charge in [0.15, 0.2) is 0 Å². The molecule has 0 radical (unpaired) electrons. The third kappa shape index (κ3) is 5.16. The standard InChI is InChI=1S/C22H21IN2O3S/c1-14-4-9-19(10-5-14)25-29(27,28)21-13-17(7-6-15(21)2)22(26)24-20-11-8-18(23)12-16(20)3/h4-13,25H,1-3H3,(H,24,26). The Balaban J connectivity index is 1.88. The van der Waals surface area contributed by atoms with Crippen LogP contribution in [0.3, 0.4) is 0 Å². The Morgan fingerprint density at radius 1 is 0.862 bits per heavy atom. The van der Waals surface area contributed by atoms with Crippen molar-refractivity contribution in [1.29, 1.82) is 0 Å². The predicted octanol–water partition coefficient (Wildman–Crippen LogP) is 5.27. The molecule has 5 nitrogen and oxygen atoms in total. The van der Waals surface area contributed by atoms with Gasteiger partial charge in [-0.2, -0.15) is 0 Å². The van der Waals surface area contributed by atoms with E-state index in [1.807, 2.05) is 44.2 Å². The number of hydrogen-bond acceptors (Lipinski definition) is 3. The third-order valence-corrected chi connectivity index (χ3v) is 6.67. The zero-order valence-electron chi connectivity index (χ0n) is 16.3. The lowest BCUT2D eigenvalue weighted by Crippen LogP contribution is -2.17. The summed E-state index contributed by atoms with van der Waals surface area (Å²) in [5, 5.41) is 2.85. The van der Waals surface area contributed by atoms with Gasteiger partial charge in [0.2, 0.25) is 0 Å². The van der Waals surface area contributed by atoms with Crippen LogP contribution < -0.4 is 10.0 Å². The van der Waals surface area contributed by atoms with E-state index in [1.54, 1.807) is 31.2 Å². The van der Waals surface area contributed by atoms with E-state index in [0.29, 0.717) is 16.9 Å². The van der Waals surface area contributed by atoms with E-state index < -0.39 is 10.0 Å². The van der Waals surface area contributed by atoms with Crippen molar-refractivity contribution in [2.24, 2.45) is 0 Å². The number of amides is 1. The molecule has 0 saturated heterocycles. The van der Waals surface area contributed by atoms with Gasteiger partial charge in [-0.15, -0.1) is 0 Å².